The molecule has 100 valence electrons. The predicted molar refractivity (Wildman–Crippen MR) is 77.1 cm³/mol. The van der Waals surface area contributed by atoms with Crippen molar-refractivity contribution in [2.45, 2.75) is 51.0 Å². The number of rotatable bonds is 4. The molecular weight excluding hydrogens is 293 g/mol. The molecule has 0 radical (unpaired) electrons. The molecule has 1 unspecified atom stereocenters. The standard InChI is InChI=1S/C15H21BrFN/c1-10(2)8-14(18)15(6-3-7-15)12-9-11(16)4-5-13(12)17/h4-5,9-10,14H,3,6-8,18H2,1-2H3. The molecule has 2 rings (SSSR count). The number of nitrogens with two attached hydrogens (primary N) is 1. The zero-order valence-electron chi connectivity index (χ0n) is 11.0. The van der Waals surface area contributed by atoms with E-state index in [0.29, 0.717) is 5.92 Å². The minimum absolute atomic E-state index is 0.0510. The highest BCUT2D eigenvalue weighted by atomic mass is 79.9. The summed E-state index contributed by atoms with van der Waals surface area (Å²) in [6.07, 6.45) is 4.12. The van der Waals surface area contributed by atoms with Crippen molar-refractivity contribution in [3.63, 3.8) is 0 Å². The predicted octanol–water partition coefficient (Wildman–Crippen LogP) is 4.38. The lowest BCUT2D eigenvalue weighted by Gasteiger charge is -2.47. The molecule has 1 saturated carbocycles. The van der Waals surface area contributed by atoms with E-state index in [1.54, 1.807) is 12.1 Å². The Morgan fingerprint density at radius 3 is 2.56 bits per heavy atom. The van der Waals surface area contributed by atoms with Gasteiger partial charge >= 0.3 is 0 Å². The largest absolute Gasteiger partial charge is 0.327 e. The highest BCUT2D eigenvalue weighted by Gasteiger charge is 2.45. The van der Waals surface area contributed by atoms with Crippen LogP contribution in [0.4, 0.5) is 4.39 Å². The normalized spacial score (nSPS) is 19.7. The average Bonchev–Trinajstić information content (AvgIpc) is 2.20. The van der Waals surface area contributed by atoms with Gasteiger partial charge in [-0.15, -0.1) is 0 Å². The molecule has 0 bridgehead atoms. The van der Waals surface area contributed by atoms with E-state index in [1.807, 2.05) is 6.07 Å². The van der Waals surface area contributed by atoms with Gasteiger partial charge in [0.05, 0.1) is 0 Å². The molecule has 1 aliphatic carbocycles. The highest BCUT2D eigenvalue weighted by molar-refractivity contribution is 9.10. The van der Waals surface area contributed by atoms with E-state index >= 15 is 0 Å². The third kappa shape index (κ3) is 2.48. The zero-order valence-corrected chi connectivity index (χ0v) is 12.6. The van der Waals surface area contributed by atoms with Gasteiger partial charge in [-0.05, 0) is 48.9 Å². The molecule has 1 atom stereocenters. The van der Waals surface area contributed by atoms with Gasteiger partial charge in [-0.1, -0.05) is 36.2 Å². The van der Waals surface area contributed by atoms with Crippen molar-refractivity contribution in [2.24, 2.45) is 11.7 Å². The summed E-state index contributed by atoms with van der Waals surface area (Å²) in [6, 6.07) is 5.25. The van der Waals surface area contributed by atoms with E-state index in [4.69, 9.17) is 5.73 Å². The number of hydrogen-bond acceptors (Lipinski definition) is 1. The van der Waals surface area contributed by atoms with Crippen LogP contribution < -0.4 is 5.73 Å². The van der Waals surface area contributed by atoms with E-state index < -0.39 is 0 Å². The highest BCUT2D eigenvalue weighted by Crippen LogP contribution is 2.48. The van der Waals surface area contributed by atoms with Crippen LogP contribution in [0.25, 0.3) is 0 Å². The van der Waals surface area contributed by atoms with Crippen LogP contribution in [0.1, 0.15) is 45.1 Å². The van der Waals surface area contributed by atoms with Crippen LogP contribution >= 0.6 is 15.9 Å². The van der Waals surface area contributed by atoms with Crippen molar-refractivity contribution >= 4 is 15.9 Å². The first-order valence-corrected chi connectivity index (χ1v) is 7.46. The van der Waals surface area contributed by atoms with E-state index in [9.17, 15) is 4.39 Å². The molecule has 0 saturated heterocycles. The summed E-state index contributed by atoms with van der Waals surface area (Å²) in [7, 11) is 0. The van der Waals surface area contributed by atoms with Gasteiger partial charge in [0, 0.05) is 15.9 Å². The van der Waals surface area contributed by atoms with Crippen molar-refractivity contribution < 1.29 is 4.39 Å². The van der Waals surface area contributed by atoms with Crippen LogP contribution in [0, 0.1) is 11.7 Å². The Hall–Kier alpha value is -0.410. The maximum absolute atomic E-state index is 14.1. The summed E-state index contributed by atoms with van der Waals surface area (Å²) in [6.45, 7) is 4.34. The fourth-order valence-electron chi connectivity index (χ4n) is 3.01. The number of benzene rings is 1. The van der Waals surface area contributed by atoms with Crippen molar-refractivity contribution in [1.82, 2.24) is 0 Å². The minimum Gasteiger partial charge on any atom is -0.327 e. The zero-order chi connectivity index (χ0) is 13.3. The molecule has 0 aromatic heterocycles. The molecule has 0 amide bonds. The van der Waals surface area contributed by atoms with E-state index in [0.717, 1.165) is 35.7 Å². The van der Waals surface area contributed by atoms with E-state index in [1.165, 1.54) is 0 Å². The monoisotopic (exact) mass is 313 g/mol. The van der Waals surface area contributed by atoms with E-state index in [2.05, 4.69) is 29.8 Å². The second-order valence-electron chi connectivity index (χ2n) is 5.87. The van der Waals surface area contributed by atoms with Crippen LogP contribution in [-0.4, -0.2) is 6.04 Å². The fraction of sp³-hybridized carbons (Fsp3) is 0.600. The summed E-state index contributed by atoms with van der Waals surface area (Å²) in [5.41, 5.74) is 7.05. The van der Waals surface area contributed by atoms with Gasteiger partial charge in [0.1, 0.15) is 5.82 Å². The molecule has 3 heteroatoms. The van der Waals surface area contributed by atoms with Crippen molar-refractivity contribution in [3.05, 3.63) is 34.1 Å². The fourth-order valence-corrected chi connectivity index (χ4v) is 3.37. The van der Waals surface area contributed by atoms with Crippen LogP contribution in [-0.2, 0) is 5.41 Å². The third-order valence-electron chi connectivity index (χ3n) is 4.15. The first kappa shape index (κ1) is 14.0. The molecule has 0 spiro atoms. The number of hydrogen-bond donors (Lipinski definition) is 1. The van der Waals surface area contributed by atoms with E-state index in [-0.39, 0.29) is 17.3 Å². The Balaban J connectivity index is 2.34. The summed E-state index contributed by atoms with van der Waals surface area (Å²) in [5, 5.41) is 0. The van der Waals surface area contributed by atoms with Crippen molar-refractivity contribution in [3.8, 4) is 0 Å². The van der Waals surface area contributed by atoms with Gasteiger partial charge in [0.25, 0.3) is 0 Å². The van der Waals surface area contributed by atoms with Crippen molar-refractivity contribution in [1.29, 1.82) is 0 Å². The molecule has 2 N–H and O–H groups in total. The molecule has 1 fully saturated rings. The Bertz CT molecular complexity index is 427. The maximum atomic E-state index is 14.1. The van der Waals surface area contributed by atoms with Crippen LogP contribution in [0.3, 0.4) is 0 Å². The Morgan fingerprint density at radius 2 is 2.06 bits per heavy atom. The summed E-state index contributed by atoms with van der Waals surface area (Å²) in [5.74, 6) is 0.435. The van der Waals surface area contributed by atoms with Gasteiger partial charge in [0.15, 0.2) is 0 Å². The van der Waals surface area contributed by atoms with Crippen LogP contribution in [0.2, 0.25) is 0 Å². The summed E-state index contributed by atoms with van der Waals surface area (Å²) in [4.78, 5) is 0. The first-order chi connectivity index (χ1) is 8.45. The second kappa shape index (κ2) is 5.30. The smallest absolute Gasteiger partial charge is 0.127 e. The molecule has 1 nitrogen and oxygen atoms in total. The second-order valence-corrected chi connectivity index (χ2v) is 6.79. The van der Waals surface area contributed by atoms with Crippen LogP contribution in [0.5, 0.6) is 0 Å². The lowest BCUT2D eigenvalue weighted by atomic mass is 9.59. The quantitative estimate of drug-likeness (QED) is 0.877. The molecule has 0 heterocycles. The third-order valence-corrected chi connectivity index (χ3v) is 4.64. The van der Waals surface area contributed by atoms with Crippen molar-refractivity contribution in [2.75, 3.05) is 0 Å². The van der Waals surface area contributed by atoms with Gasteiger partial charge < -0.3 is 5.73 Å². The topological polar surface area (TPSA) is 26.0 Å². The average molecular weight is 314 g/mol. The lowest BCUT2D eigenvalue weighted by molar-refractivity contribution is 0.172. The Kier molecular flexibility index (Phi) is 4.12. The SMILES string of the molecule is CC(C)CC(N)C1(c2cc(Br)ccc2F)CCC1. The molecule has 1 aromatic carbocycles. The van der Waals surface area contributed by atoms with Gasteiger partial charge in [-0.3, -0.25) is 0 Å². The maximum Gasteiger partial charge on any atom is 0.127 e. The number of halogens is 2. The molecule has 0 aliphatic heterocycles. The van der Waals surface area contributed by atoms with Gasteiger partial charge in [0.2, 0.25) is 0 Å². The van der Waals surface area contributed by atoms with Gasteiger partial charge in [-0.25, -0.2) is 4.39 Å². The molecule has 1 aromatic rings. The first-order valence-electron chi connectivity index (χ1n) is 6.67. The minimum atomic E-state index is -0.141. The van der Waals surface area contributed by atoms with Gasteiger partial charge in [-0.2, -0.15) is 0 Å². The Labute approximate surface area is 117 Å². The summed E-state index contributed by atoms with van der Waals surface area (Å²) >= 11 is 3.43. The lowest BCUT2D eigenvalue weighted by Crippen LogP contribution is -2.51. The Morgan fingerprint density at radius 1 is 1.39 bits per heavy atom. The molecular formula is C15H21BrFN. The molecule has 18 heavy (non-hydrogen) atoms. The summed E-state index contributed by atoms with van der Waals surface area (Å²) < 4.78 is 15.0. The van der Waals surface area contributed by atoms with Crippen LogP contribution in [0.15, 0.2) is 22.7 Å². The molecule has 1 aliphatic rings.